The van der Waals surface area contributed by atoms with Gasteiger partial charge >= 0.3 is 5.69 Å². The lowest BCUT2D eigenvalue weighted by Gasteiger charge is -2.11. The van der Waals surface area contributed by atoms with Crippen LogP contribution in [0.4, 0.5) is 0 Å². The van der Waals surface area contributed by atoms with Crippen LogP contribution in [0.15, 0.2) is 26.8 Å². The van der Waals surface area contributed by atoms with E-state index in [1.165, 1.54) is 0 Å². The van der Waals surface area contributed by atoms with Crippen molar-refractivity contribution in [3.05, 3.63) is 38.7 Å². The zero-order valence-electron chi connectivity index (χ0n) is 10.8. The Morgan fingerprint density at radius 2 is 2.35 bits per heavy atom. The van der Waals surface area contributed by atoms with Gasteiger partial charge in [0.2, 0.25) is 5.91 Å². The number of nitrogens with one attached hydrogen (secondary N) is 3. The van der Waals surface area contributed by atoms with Gasteiger partial charge < -0.3 is 0 Å². The number of hydrazone groups is 1. The average molecular weight is 277 g/mol. The summed E-state index contributed by atoms with van der Waals surface area (Å²) in [4.78, 5) is 35.7. The van der Waals surface area contributed by atoms with Crippen molar-refractivity contribution in [3.63, 3.8) is 0 Å². The first-order valence-corrected chi connectivity index (χ1v) is 6.30. The van der Waals surface area contributed by atoms with Crippen molar-refractivity contribution >= 4 is 12.1 Å². The molecule has 0 saturated heterocycles. The quantitative estimate of drug-likeness (QED) is 0.389. The molecule has 0 saturated carbocycles. The Hall–Kier alpha value is -2.51. The van der Waals surface area contributed by atoms with Gasteiger partial charge in [0.15, 0.2) is 0 Å². The van der Waals surface area contributed by atoms with E-state index in [-0.39, 0.29) is 12.1 Å². The van der Waals surface area contributed by atoms with Crippen LogP contribution in [0.5, 0.6) is 0 Å². The predicted octanol–water partition coefficient (Wildman–Crippen LogP) is -0.541. The fraction of sp³-hybridized carbons (Fsp3) is 0.417. The summed E-state index contributed by atoms with van der Waals surface area (Å²) < 4.78 is 0. The van der Waals surface area contributed by atoms with E-state index in [4.69, 9.17) is 0 Å². The van der Waals surface area contributed by atoms with Crippen molar-refractivity contribution in [1.29, 1.82) is 0 Å². The SMILES string of the molecule is O=C(Cc1n[nH]c(=O)[nH]c1=O)N/N=C\[C@H]1CC=CCC1. The molecule has 20 heavy (non-hydrogen) atoms. The molecule has 1 aliphatic rings. The molecule has 1 aliphatic carbocycles. The molecule has 0 bridgehead atoms. The van der Waals surface area contributed by atoms with Crippen LogP contribution < -0.4 is 16.7 Å². The number of carbonyl (C=O) groups excluding carboxylic acids is 1. The van der Waals surface area contributed by atoms with Gasteiger partial charge in [0, 0.05) is 6.21 Å². The second-order valence-corrected chi connectivity index (χ2v) is 4.49. The van der Waals surface area contributed by atoms with Gasteiger partial charge in [0.25, 0.3) is 5.56 Å². The molecule has 0 spiro atoms. The minimum atomic E-state index is -0.706. The van der Waals surface area contributed by atoms with E-state index >= 15 is 0 Å². The minimum absolute atomic E-state index is 0.0575. The van der Waals surface area contributed by atoms with Crippen LogP contribution in [0.2, 0.25) is 0 Å². The molecule has 0 radical (unpaired) electrons. The number of hydrogen-bond acceptors (Lipinski definition) is 5. The number of hydrogen-bond donors (Lipinski definition) is 3. The maximum atomic E-state index is 11.6. The highest BCUT2D eigenvalue weighted by Crippen LogP contribution is 2.15. The van der Waals surface area contributed by atoms with Gasteiger partial charge in [-0.2, -0.15) is 10.2 Å². The number of allylic oxidation sites excluding steroid dienone is 2. The molecule has 1 heterocycles. The maximum absolute atomic E-state index is 11.6. The van der Waals surface area contributed by atoms with Crippen LogP contribution in [-0.2, 0) is 11.2 Å². The molecular formula is C12H15N5O3. The van der Waals surface area contributed by atoms with Crippen molar-refractivity contribution in [1.82, 2.24) is 20.6 Å². The molecule has 1 atom stereocenters. The molecule has 3 N–H and O–H groups in total. The van der Waals surface area contributed by atoms with E-state index in [1.807, 2.05) is 4.98 Å². The van der Waals surface area contributed by atoms with E-state index in [0.29, 0.717) is 5.92 Å². The van der Waals surface area contributed by atoms with Crippen LogP contribution in [0.25, 0.3) is 0 Å². The lowest BCUT2D eigenvalue weighted by Crippen LogP contribution is -2.31. The first kappa shape index (κ1) is 13.9. The largest absolute Gasteiger partial charge is 0.342 e. The molecule has 0 fully saturated rings. The Morgan fingerprint density at radius 1 is 1.50 bits per heavy atom. The summed E-state index contributed by atoms with van der Waals surface area (Å²) in [6, 6.07) is 0. The molecule has 0 unspecified atom stereocenters. The van der Waals surface area contributed by atoms with Crippen molar-refractivity contribution in [2.24, 2.45) is 11.0 Å². The van der Waals surface area contributed by atoms with Gasteiger partial charge in [-0.3, -0.25) is 14.6 Å². The third-order valence-electron chi connectivity index (χ3n) is 2.89. The standard InChI is InChI=1S/C12H15N5O3/c18-10(6-9-11(19)14-12(20)17-15-9)16-13-7-8-4-2-1-3-5-8/h1-2,7-8H,3-6H2,(H,16,18)(H2,14,17,19,20)/b13-7-/t8-/m0/s1. The molecule has 1 aromatic heterocycles. The summed E-state index contributed by atoms with van der Waals surface area (Å²) in [5.74, 6) is -0.132. The summed E-state index contributed by atoms with van der Waals surface area (Å²) in [5, 5.41) is 9.45. The number of rotatable bonds is 4. The maximum Gasteiger partial charge on any atom is 0.342 e. The highest BCUT2D eigenvalue weighted by atomic mass is 16.2. The third-order valence-corrected chi connectivity index (χ3v) is 2.89. The third kappa shape index (κ3) is 4.01. The number of nitrogens with zero attached hydrogens (tertiary/aromatic N) is 2. The Bertz CT molecular complexity index is 643. The highest BCUT2D eigenvalue weighted by molar-refractivity contribution is 5.78. The first-order chi connectivity index (χ1) is 9.65. The molecule has 1 aromatic rings. The summed E-state index contributed by atoms with van der Waals surface area (Å²) in [7, 11) is 0. The number of H-pyrrole nitrogens is 2. The predicted molar refractivity (Wildman–Crippen MR) is 72.3 cm³/mol. The number of amides is 1. The molecule has 8 nitrogen and oxygen atoms in total. The van der Waals surface area contributed by atoms with Crippen LogP contribution in [0.1, 0.15) is 25.0 Å². The number of aromatic nitrogens is 3. The summed E-state index contributed by atoms with van der Waals surface area (Å²) >= 11 is 0. The van der Waals surface area contributed by atoms with Gasteiger partial charge in [-0.15, -0.1) is 0 Å². The Balaban J connectivity index is 1.86. The lowest BCUT2D eigenvalue weighted by atomic mass is 9.96. The van der Waals surface area contributed by atoms with Crippen molar-refractivity contribution < 1.29 is 4.79 Å². The van der Waals surface area contributed by atoms with E-state index in [0.717, 1.165) is 19.3 Å². The molecule has 0 aliphatic heterocycles. The van der Waals surface area contributed by atoms with Crippen LogP contribution in [-0.4, -0.2) is 27.3 Å². The molecular weight excluding hydrogens is 262 g/mol. The van der Waals surface area contributed by atoms with Crippen molar-refractivity contribution in [3.8, 4) is 0 Å². The second-order valence-electron chi connectivity index (χ2n) is 4.49. The van der Waals surface area contributed by atoms with Crippen LogP contribution in [0, 0.1) is 5.92 Å². The topological polar surface area (TPSA) is 120 Å². The Labute approximate surface area is 114 Å². The first-order valence-electron chi connectivity index (χ1n) is 6.30. The van der Waals surface area contributed by atoms with Crippen molar-refractivity contribution in [2.75, 3.05) is 0 Å². The van der Waals surface area contributed by atoms with Crippen LogP contribution in [0.3, 0.4) is 0 Å². The fourth-order valence-corrected chi connectivity index (χ4v) is 1.85. The van der Waals surface area contributed by atoms with Gasteiger partial charge in [0.1, 0.15) is 5.69 Å². The Kier molecular flexibility index (Phi) is 4.59. The van der Waals surface area contributed by atoms with E-state index < -0.39 is 17.2 Å². The lowest BCUT2D eigenvalue weighted by molar-refractivity contribution is -0.120. The Morgan fingerprint density at radius 3 is 3.05 bits per heavy atom. The van der Waals surface area contributed by atoms with E-state index in [1.54, 1.807) is 6.21 Å². The van der Waals surface area contributed by atoms with Gasteiger partial charge in [0.05, 0.1) is 6.42 Å². The monoisotopic (exact) mass is 277 g/mol. The minimum Gasteiger partial charge on any atom is -0.273 e. The van der Waals surface area contributed by atoms with Crippen molar-refractivity contribution in [2.45, 2.75) is 25.7 Å². The van der Waals surface area contributed by atoms with Gasteiger partial charge in [-0.05, 0) is 25.2 Å². The fourth-order valence-electron chi connectivity index (χ4n) is 1.85. The van der Waals surface area contributed by atoms with Gasteiger partial charge in [-0.1, -0.05) is 12.2 Å². The molecule has 106 valence electrons. The summed E-state index contributed by atoms with van der Waals surface area (Å²) in [6.45, 7) is 0. The second kappa shape index (κ2) is 6.60. The zero-order valence-corrected chi connectivity index (χ0v) is 10.8. The number of aromatic amines is 2. The number of carbonyl (C=O) groups is 1. The summed E-state index contributed by atoms with van der Waals surface area (Å²) in [6.07, 6.45) is 8.61. The van der Waals surface area contributed by atoms with Crippen LogP contribution >= 0.6 is 0 Å². The highest BCUT2D eigenvalue weighted by Gasteiger charge is 2.09. The average Bonchev–Trinajstić information content (AvgIpc) is 2.43. The zero-order chi connectivity index (χ0) is 14.4. The van der Waals surface area contributed by atoms with Gasteiger partial charge in [-0.25, -0.2) is 15.3 Å². The normalized spacial score (nSPS) is 18.3. The summed E-state index contributed by atoms with van der Waals surface area (Å²) in [5.41, 5.74) is 0.903. The molecule has 2 rings (SSSR count). The smallest absolute Gasteiger partial charge is 0.273 e. The molecule has 0 aromatic carbocycles. The molecule has 1 amide bonds. The molecule has 8 heteroatoms. The van der Waals surface area contributed by atoms with E-state index in [9.17, 15) is 14.4 Å². The van der Waals surface area contributed by atoms with E-state index in [2.05, 4.69) is 32.9 Å².